The van der Waals surface area contributed by atoms with Gasteiger partial charge in [-0.05, 0) is 103 Å². The van der Waals surface area contributed by atoms with Crippen molar-refractivity contribution in [2.24, 2.45) is 0 Å². The van der Waals surface area contributed by atoms with Gasteiger partial charge in [-0.15, -0.1) is 0 Å². The van der Waals surface area contributed by atoms with Crippen LogP contribution in [0.1, 0.15) is 11.1 Å². The Morgan fingerprint density at radius 3 is 1.20 bits per heavy atom. The minimum Gasteiger partial charge on any atom is -0.311 e. The summed E-state index contributed by atoms with van der Waals surface area (Å²) in [5.74, 6) is 0. The molecule has 9 rings (SSSR count). The third-order valence-corrected chi connectivity index (χ3v) is 9.67. The van der Waals surface area contributed by atoms with Crippen LogP contribution in [0.5, 0.6) is 0 Å². The second kappa shape index (κ2) is 12.3. The van der Waals surface area contributed by atoms with Crippen molar-refractivity contribution in [1.82, 2.24) is 0 Å². The Morgan fingerprint density at radius 1 is 0.286 bits per heavy atom. The Balaban J connectivity index is 1.10. The predicted molar refractivity (Wildman–Crippen MR) is 209 cm³/mol. The SMILES string of the molecule is C1=Cc2c(-c3ccc(N(c4ccc(-c5ccccc5)cc4)c4ccc(-c5ccccc5)cc4)cc3)ccc3c(-c4ccccc4)ccc1c23. The summed E-state index contributed by atoms with van der Waals surface area (Å²) in [4.78, 5) is 2.34. The molecule has 0 fully saturated rings. The maximum Gasteiger partial charge on any atom is 0.0462 e. The van der Waals surface area contributed by atoms with Crippen molar-refractivity contribution < 1.29 is 0 Å². The van der Waals surface area contributed by atoms with E-state index in [0.717, 1.165) is 17.1 Å². The van der Waals surface area contributed by atoms with E-state index in [9.17, 15) is 0 Å². The van der Waals surface area contributed by atoms with Crippen molar-refractivity contribution in [3.8, 4) is 44.5 Å². The molecule has 0 saturated heterocycles. The second-order valence-corrected chi connectivity index (χ2v) is 12.6. The Morgan fingerprint density at radius 2 is 0.694 bits per heavy atom. The zero-order chi connectivity index (χ0) is 32.6. The average Bonchev–Trinajstić information content (AvgIpc) is 3.62. The van der Waals surface area contributed by atoms with Crippen molar-refractivity contribution >= 4 is 40.0 Å². The maximum atomic E-state index is 2.34. The van der Waals surface area contributed by atoms with Crippen molar-refractivity contribution in [3.63, 3.8) is 0 Å². The molecule has 0 aromatic heterocycles. The monoisotopic (exact) mass is 623 g/mol. The van der Waals surface area contributed by atoms with Gasteiger partial charge >= 0.3 is 0 Å². The molecule has 0 radical (unpaired) electrons. The van der Waals surface area contributed by atoms with Gasteiger partial charge in [-0.3, -0.25) is 0 Å². The number of benzene rings is 8. The highest BCUT2D eigenvalue weighted by Gasteiger charge is 2.18. The number of nitrogens with zero attached hydrogens (tertiary/aromatic N) is 1. The summed E-state index contributed by atoms with van der Waals surface area (Å²) in [6, 6.07) is 67.7. The fraction of sp³-hybridized carbons (Fsp3) is 0. The van der Waals surface area contributed by atoms with E-state index in [4.69, 9.17) is 0 Å². The molecule has 8 aromatic carbocycles. The van der Waals surface area contributed by atoms with Crippen LogP contribution in [0, 0.1) is 0 Å². The van der Waals surface area contributed by atoms with E-state index < -0.39 is 0 Å². The fourth-order valence-electron chi connectivity index (χ4n) is 7.21. The summed E-state index contributed by atoms with van der Waals surface area (Å²) in [7, 11) is 0. The van der Waals surface area contributed by atoms with Crippen molar-refractivity contribution in [2.45, 2.75) is 0 Å². The first-order valence-corrected chi connectivity index (χ1v) is 16.8. The van der Waals surface area contributed by atoms with E-state index in [1.54, 1.807) is 0 Å². The first kappa shape index (κ1) is 28.8. The van der Waals surface area contributed by atoms with Crippen molar-refractivity contribution in [2.75, 3.05) is 4.90 Å². The molecular weight excluding hydrogens is 591 g/mol. The number of anilines is 3. The van der Waals surface area contributed by atoms with Crippen molar-refractivity contribution in [1.29, 1.82) is 0 Å². The third kappa shape index (κ3) is 5.32. The number of rotatable bonds is 7. The van der Waals surface area contributed by atoms with Gasteiger partial charge in [-0.1, -0.05) is 164 Å². The van der Waals surface area contributed by atoms with E-state index in [1.807, 2.05) is 0 Å². The van der Waals surface area contributed by atoms with Gasteiger partial charge in [0.25, 0.3) is 0 Å². The first-order chi connectivity index (χ1) is 24.3. The van der Waals surface area contributed by atoms with E-state index in [2.05, 4.69) is 205 Å². The van der Waals surface area contributed by atoms with Crippen LogP contribution in [-0.4, -0.2) is 0 Å². The van der Waals surface area contributed by atoms with Gasteiger partial charge in [0.1, 0.15) is 0 Å². The van der Waals surface area contributed by atoms with Crippen LogP contribution in [-0.2, 0) is 0 Å². The highest BCUT2D eigenvalue weighted by atomic mass is 15.1. The molecule has 1 nitrogen and oxygen atoms in total. The lowest BCUT2D eigenvalue weighted by Crippen LogP contribution is -2.09. The Labute approximate surface area is 287 Å². The molecule has 0 bridgehead atoms. The standard InChI is InChI=1S/C48H33N/c1-4-10-34(11-5-1)36-16-24-41(25-17-36)49(42-26-18-37(19-27-42)35-12-6-2-7-13-35)43-28-20-39(21-29-43)45-32-33-47-44(38-14-8-3-9-15-38)30-22-40-23-31-46(45)48(40)47/h1-33H. The summed E-state index contributed by atoms with van der Waals surface area (Å²) in [5.41, 5.74) is 15.8. The molecule has 8 aromatic rings. The molecule has 0 atom stereocenters. The maximum absolute atomic E-state index is 2.34. The molecule has 230 valence electrons. The zero-order valence-corrected chi connectivity index (χ0v) is 27.0. The lowest BCUT2D eigenvalue weighted by Gasteiger charge is -2.26. The minimum absolute atomic E-state index is 1.11. The molecule has 0 N–H and O–H groups in total. The quantitative estimate of drug-likeness (QED) is 0.171. The summed E-state index contributed by atoms with van der Waals surface area (Å²) in [6.07, 6.45) is 4.54. The lowest BCUT2D eigenvalue weighted by atomic mass is 9.90. The smallest absolute Gasteiger partial charge is 0.0462 e. The molecule has 1 aliphatic rings. The molecule has 49 heavy (non-hydrogen) atoms. The molecule has 0 amide bonds. The minimum atomic E-state index is 1.11. The second-order valence-electron chi connectivity index (χ2n) is 12.6. The molecule has 0 unspecified atom stereocenters. The van der Waals surface area contributed by atoms with Crippen LogP contribution >= 0.6 is 0 Å². The Bertz CT molecular complexity index is 2340. The highest BCUT2D eigenvalue weighted by molar-refractivity contribution is 6.13. The van der Waals surface area contributed by atoms with E-state index in [1.165, 1.54) is 66.4 Å². The normalized spacial score (nSPS) is 11.6. The molecule has 1 heteroatoms. The largest absolute Gasteiger partial charge is 0.311 e. The summed E-state index contributed by atoms with van der Waals surface area (Å²) in [5, 5.41) is 2.63. The van der Waals surface area contributed by atoms with Crippen LogP contribution in [0.2, 0.25) is 0 Å². The topological polar surface area (TPSA) is 3.24 Å². The Hall–Kier alpha value is -6.44. The van der Waals surface area contributed by atoms with E-state index in [0.29, 0.717) is 0 Å². The van der Waals surface area contributed by atoms with Gasteiger partial charge in [0.15, 0.2) is 0 Å². The lowest BCUT2D eigenvalue weighted by molar-refractivity contribution is 1.28. The highest BCUT2D eigenvalue weighted by Crippen LogP contribution is 2.43. The summed E-state index contributed by atoms with van der Waals surface area (Å²) < 4.78 is 0. The van der Waals surface area contributed by atoms with Crippen LogP contribution in [0.3, 0.4) is 0 Å². The zero-order valence-electron chi connectivity index (χ0n) is 27.0. The van der Waals surface area contributed by atoms with Gasteiger partial charge in [0.2, 0.25) is 0 Å². The number of hydrogen-bond acceptors (Lipinski definition) is 1. The molecule has 0 aliphatic heterocycles. The van der Waals surface area contributed by atoms with Crippen molar-refractivity contribution in [3.05, 3.63) is 199 Å². The molecule has 0 heterocycles. The average molecular weight is 624 g/mol. The molecule has 1 aliphatic carbocycles. The van der Waals surface area contributed by atoms with Crippen LogP contribution in [0.25, 0.3) is 67.4 Å². The molecule has 0 saturated carbocycles. The van der Waals surface area contributed by atoms with Gasteiger partial charge in [0.05, 0.1) is 0 Å². The van der Waals surface area contributed by atoms with Gasteiger partial charge in [0, 0.05) is 17.1 Å². The number of hydrogen-bond donors (Lipinski definition) is 0. The predicted octanol–water partition coefficient (Wildman–Crippen LogP) is 13.5. The third-order valence-electron chi connectivity index (χ3n) is 9.67. The van der Waals surface area contributed by atoms with Gasteiger partial charge in [-0.25, -0.2) is 0 Å². The van der Waals surface area contributed by atoms with Gasteiger partial charge < -0.3 is 4.90 Å². The molecular formula is C48H33N. The summed E-state index contributed by atoms with van der Waals surface area (Å²) >= 11 is 0. The van der Waals surface area contributed by atoms with E-state index >= 15 is 0 Å². The fourth-order valence-corrected chi connectivity index (χ4v) is 7.21. The van der Waals surface area contributed by atoms with Crippen LogP contribution in [0.4, 0.5) is 17.1 Å². The van der Waals surface area contributed by atoms with Gasteiger partial charge in [-0.2, -0.15) is 0 Å². The molecule has 0 spiro atoms. The van der Waals surface area contributed by atoms with E-state index in [-0.39, 0.29) is 0 Å². The van der Waals surface area contributed by atoms with Crippen LogP contribution in [0.15, 0.2) is 188 Å². The summed E-state index contributed by atoms with van der Waals surface area (Å²) in [6.45, 7) is 0. The Kier molecular flexibility index (Phi) is 7.22. The van der Waals surface area contributed by atoms with Crippen LogP contribution < -0.4 is 4.90 Å². The first-order valence-electron chi connectivity index (χ1n) is 16.8.